The maximum Gasteiger partial charge on any atom is 0.403 e. The molecule has 2 aliphatic heterocycles. The number of amides is 2. The number of likely N-dealkylation sites (tertiary alicyclic amines) is 2. The fraction of sp³-hybridized carbons (Fsp3) is 0.476. The molecule has 0 bridgehead atoms. The molecule has 3 aromatic heterocycles. The largest absolute Gasteiger partial charge is 0.403 e. The Kier molecular flexibility index (Phi) is 5.02. The second kappa shape index (κ2) is 7.71. The van der Waals surface area contributed by atoms with Gasteiger partial charge in [0.25, 0.3) is 11.5 Å². The molecular formula is C21H22F3N7O3. The van der Waals surface area contributed by atoms with Crippen LogP contribution < -0.4 is 5.56 Å². The Balaban J connectivity index is 1.37. The average molecular weight is 477 g/mol. The molecule has 13 heteroatoms. The van der Waals surface area contributed by atoms with E-state index >= 15 is 0 Å². The topological polar surface area (TPSA) is 109 Å². The zero-order valence-corrected chi connectivity index (χ0v) is 18.3. The second-order valence-electron chi connectivity index (χ2n) is 8.69. The van der Waals surface area contributed by atoms with Gasteiger partial charge in [0.1, 0.15) is 10.9 Å². The lowest BCUT2D eigenvalue weighted by molar-refractivity contribution is -0.238. The summed E-state index contributed by atoms with van der Waals surface area (Å²) in [6.07, 6.45) is -2.06. The van der Waals surface area contributed by atoms with Crippen LogP contribution in [0.25, 0.3) is 11.5 Å². The molecule has 0 unspecified atom stereocenters. The molecule has 5 rings (SSSR count). The molecule has 10 nitrogen and oxygen atoms in total. The lowest BCUT2D eigenvalue weighted by Gasteiger charge is -2.45. The predicted molar refractivity (Wildman–Crippen MR) is 112 cm³/mol. The van der Waals surface area contributed by atoms with Crippen molar-refractivity contribution in [3.63, 3.8) is 0 Å². The molecule has 2 saturated heterocycles. The summed E-state index contributed by atoms with van der Waals surface area (Å²) in [6.45, 7) is 1.88. The third-order valence-electron chi connectivity index (χ3n) is 6.83. The number of nitrogens with one attached hydrogen (secondary N) is 1. The molecule has 0 saturated carbocycles. The van der Waals surface area contributed by atoms with Gasteiger partial charge in [0.15, 0.2) is 0 Å². The third-order valence-corrected chi connectivity index (χ3v) is 6.83. The van der Waals surface area contributed by atoms with Crippen LogP contribution in [0.1, 0.15) is 35.3 Å². The third kappa shape index (κ3) is 3.29. The van der Waals surface area contributed by atoms with Gasteiger partial charge < -0.3 is 9.80 Å². The number of hydrogen-bond acceptors (Lipinski definition) is 5. The van der Waals surface area contributed by atoms with E-state index < -0.39 is 36.2 Å². The van der Waals surface area contributed by atoms with Crippen molar-refractivity contribution >= 4 is 17.3 Å². The van der Waals surface area contributed by atoms with Crippen LogP contribution >= 0.6 is 0 Å². The zero-order valence-electron chi connectivity index (χ0n) is 18.3. The van der Waals surface area contributed by atoms with Gasteiger partial charge in [0.2, 0.25) is 11.9 Å². The molecule has 5 heterocycles. The van der Waals surface area contributed by atoms with Crippen LogP contribution in [0.3, 0.4) is 0 Å². The van der Waals surface area contributed by atoms with Gasteiger partial charge in [0.05, 0.1) is 17.5 Å². The summed E-state index contributed by atoms with van der Waals surface area (Å²) in [7, 11) is 0. The van der Waals surface area contributed by atoms with E-state index in [-0.39, 0.29) is 30.2 Å². The normalized spacial score (nSPS) is 18.2. The van der Waals surface area contributed by atoms with Crippen molar-refractivity contribution in [2.24, 2.45) is 5.41 Å². The molecule has 2 amide bonds. The minimum absolute atomic E-state index is 0.0973. The maximum atomic E-state index is 14.0. The molecule has 0 atom stereocenters. The SMILES string of the molecule is Cc1c(C(=O)N2CCC(C(=O)N3CCC3)(C(F)(F)F)CC2)cnn1-c1nn2cccc2c(=O)[nH]1. The van der Waals surface area contributed by atoms with E-state index in [2.05, 4.69) is 15.2 Å². The summed E-state index contributed by atoms with van der Waals surface area (Å²) in [5, 5.41) is 8.43. The number of aromatic amines is 1. The number of nitrogens with zero attached hydrogens (tertiary/aromatic N) is 6. The van der Waals surface area contributed by atoms with E-state index in [1.165, 1.54) is 25.2 Å². The van der Waals surface area contributed by atoms with Crippen LogP contribution in [-0.2, 0) is 4.79 Å². The van der Waals surface area contributed by atoms with Crippen LogP contribution in [0.15, 0.2) is 29.3 Å². The molecule has 0 aliphatic carbocycles. The Hall–Kier alpha value is -3.64. The van der Waals surface area contributed by atoms with Gasteiger partial charge in [-0.25, -0.2) is 9.20 Å². The van der Waals surface area contributed by atoms with Crippen molar-refractivity contribution in [3.05, 3.63) is 46.1 Å². The highest BCUT2D eigenvalue weighted by atomic mass is 19.4. The van der Waals surface area contributed by atoms with E-state index in [0.717, 1.165) is 0 Å². The molecule has 2 fully saturated rings. The van der Waals surface area contributed by atoms with Crippen LogP contribution in [0, 0.1) is 12.3 Å². The van der Waals surface area contributed by atoms with Crippen molar-refractivity contribution in [3.8, 4) is 5.95 Å². The Labute approximate surface area is 190 Å². The summed E-state index contributed by atoms with van der Waals surface area (Å²) in [6, 6.07) is 3.26. The van der Waals surface area contributed by atoms with E-state index in [1.54, 1.807) is 25.3 Å². The van der Waals surface area contributed by atoms with Gasteiger partial charge in [-0.05, 0) is 38.3 Å². The van der Waals surface area contributed by atoms with E-state index in [0.29, 0.717) is 30.7 Å². The monoisotopic (exact) mass is 477 g/mol. The number of rotatable bonds is 3. The molecule has 0 radical (unpaired) electrons. The lowest BCUT2D eigenvalue weighted by Crippen LogP contribution is -2.60. The summed E-state index contributed by atoms with van der Waals surface area (Å²) in [4.78, 5) is 43.2. The molecule has 180 valence electrons. The summed E-state index contributed by atoms with van der Waals surface area (Å²) < 4.78 is 44.7. The first-order chi connectivity index (χ1) is 16.1. The van der Waals surface area contributed by atoms with Crippen molar-refractivity contribution in [2.45, 2.75) is 32.4 Å². The summed E-state index contributed by atoms with van der Waals surface area (Å²) in [5.41, 5.74) is -1.94. The van der Waals surface area contributed by atoms with Gasteiger partial charge in [0, 0.05) is 32.4 Å². The van der Waals surface area contributed by atoms with Crippen molar-refractivity contribution in [1.82, 2.24) is 34.2 Å². The highest BCUT2D eigenvalue weighted by Crippen LogP contribution is 2.48. The molecule has 0 aromatic carbocycles. The number of carbonyl (C=O) groups is 2. The Morgan fingerprint density at radius 1 is 1.12 bits per heavy atom. The molecule has 1 N–H and O–H groups in total. The molecule has 2 aliphatic rings. The highest BCUT2D eigenvalue weighted by molar-refractivity contribution is 5.95. The van der Waals surface area contributed by atoms with Gasteiger partial charge in [-0.3, -0.25) is 19.4 Å². The average Bonchev–Trinajstić information content (AvgIpc) is 3.38. The number of fused-ring (bicyclic) bond motifs is 1. The van der Waals surface area contributed by atoms with Crippen LogP contribution in [0.2, 0.25) is 0 Å². The van der Waals surface area contributed by atoms with Crippen molar-refractivity contribution in [1.29, 1.82) is 0 Å². The number of aromatic nitrogens is 5. The van der Waals surface area contributed by atoms with E-state index in [1.807, 2.05) is 0 Å². The molecule has 0 spiro atoms. The molecule has 34 heavy (non-hydrogen) atoms. The molecular weight excluding hydrogens is 455 g/mol. The van der Waals surface area contributed by atoms with Gasteiger partial charge in [-0.1, -0.05) is 0 Å². The fourth-order valence-electron chi connectivity index (χ4n) is 4.56. The highest BCUT2D eigenvalue weighted by Gasteiger charge is 2.62. The fourth-order valence-corrected chi connectivity index (χ4v) is 4.56. The minimum atomic E-state index is -4.69. The number of halogens is 3. The zero-order chi connectivity index (χ0) is 24.3. The van der Waals surface area contributed by atoms with Crippen molar-refractivity contribution < 1.29 is 22.8 Å². The van der Waals surface area contributed by atoms with Crippen LogP contribution in [0.4, 0.5) is 13.2 Å². The first-order valence-electron chi connectivity index (χ1n) is 10.9. The number of piperidine rings is 1. The summed E-state index contributed by atoms with van der Waals surface area (Å²) in [5.74, 6) is -1.28. The predicted octanol–water partition coefficient (Wildman–Crippen LogP) is 1.53. The van der Waals surface area contributed by atoms with Crippen molar-refractivity contribution in [2.75, 3.05) is 26.2 Å². The lowest BCUT2D eigenvalue weighted by atomic mass is 9.75. The number of carbonyl (C=O) groups excluding carboxylic acids is 2. The Morgan fingerprint density at radius 3 is 2.44 bits per heavy atom. The van der Waals surface area contributed by atoms with Gasteiger partial charge in [-0.2, -0.15) is 18.3 Å². The maximum absolute atomic E-state index is 14.0. The number of hydrogen-bond donors (Lipinski definition) is 1. The van der Waals surface area contributed by atoms with Gasteiger partial charge in [-0.15, -0.1) is 5.10 Å². The van der Waals surface area contributed by atoms with E-state index in [4.69, 9.17) is 0 Å². The first kappa shape index (κ1) is 22.2. The molecule has 3 aromatic rings. The van der Waals surface area contributed by atoms with Crippen LogP contribution in [-0.4, -0.2) is 78.3 Å². The number of alkyl halides is 3. The number of H-pyrrole nitrogens is 1. The second-order valence-corrected chi connectivity index (χ2v) is 8.69. The minimum Gasteiger partial charge on any atom is -0.342 e. The van der Waals surface area contributed by atoms with Crippen LogP contribution in [0.5, 0.6) is 0 Å². The summed E-state index contributed by atoms with van der Waals surface area (Å²) >= 11 is 0. The Bertz CT molecular complexity index is 1330. The van der Waals surface area contributed by atoms with E-state index in [9.17, 15) is 27.6 Å². The van der Waals surface area contributed by atoms with Gasteiger partial charge >= 0.3 is 6.18 Å². The smallest absolute Gasteiger partial charge is 0.342 e. The standard InChI is InChI=1S/C21H22F3N7O3/c1-13-14(12-25-31(13)19-26-16(32)15-4-2-9-30(15)27-19)17(33)28-10-5-20(6-11-28,21(22,23)24)18(34)29-7-3-8-29/h2,4,9,12H,3,5-8,10-11H2,1H3,(H,26,27,32). The first-order valence-corrected chi connectivity index (χ1v) is 10.9. The quantitative estimate of drug-likeness (QED) is 0.616. The Morgan fingerprint density at radius 2 is 1.82 bits per heavy atom.